The van der Waals surface area contributed by atoms with Crippen LogP contribution in [0.25, 0.3) is 12.2 Å². The Morgan fingerprint density at radius 3 is 2.36 bits per heavy atom. The molecule has 0 bridgehead atoms. The van der Waals surface area contributed by atoms with E-state index in [9.17, 15) is 14.3 Å². The molecule has 0 saturated heterocycles. The lowest BCUT2D eigenvalue weighted by molar-refractivity contribution is 0.0698. The summed E-state index contributed by atoms with van der Waals surface area (Å²) in [7, 11) is 0. The second-order valence-electron chi connectivity index (χ2n) is 6.19. The third kappa shape index (κ3) is 3.81. The van der Waals surface area contributed by atoms with Crippen LogP contribution in [0.15, 0.2) is 60.7 Å². The van der Waals surface area contributed by atoms with Crippen LogP contribution >= 0.6 is 0 Å². The molecule has 0 fully saturated rings. The van der Waals surface area contributed by atoms with Gasteiger partial charge in [-0.25, -0.2) is 9.18 Å². The summed E-state index contributed by atoms with van der Waals surface area (Å²) in [5.41, 5.74) is 2.89. The fourth-order valence-electron chi connectivity index (χ4n) is 2.85. The Kier molecular flexibility index (Phi) is 4.68. The summed E-state index contributed by atoms with van der Waals surface area (Å²) < 4.78 is 23.8. The highest BCUT2D eigenvalue weighted by atomic mass is 19.1. The summed E-state index contributed by atoms with van der Waals surface area (Å²) in [6.45, 7) is 0.220. The van der Waals surface area contributed by atoms with Gasteiger partial charge in [0.05, 0.1) is 11.3 Å². The molecule has 0 unspecified atom stereocenters. The van der Waals surface area contributed by atoms with E-state index in [-0.39, 0.29) is 18.2 Å². The Hall–Kier alpha value is -3.80. The second-order valence-corrected chi connectivity index (χ2v) is 6.19. The third-order valence-corrected chi connectivity index (χ3v) is 4.26. The molecule has 1 heterocycles. The lowest BCUT2D eigenvalue weighted by Crippen LogP contribution is -2.03. The van der Waals surface area contributed by atoms with Crippen LogP contribution in [0.5, 0.6) is 11.5 Å². The van der Waals surface area contributed by atoms with Crippen molar-refractivity contribution in [1.29, 1.82) is 0 Å². The number of halogens is 1. The summed E-state index contributed by atoms with van der Waals surface area (Å²) in [6.07, 6.45) is 3.78. The fraction of sp³-hybridized carbons (Fsp3) is 0.0455. The van der Waals surface area contributed by atoms with Gasteiger partial charge in [0.1, 0.15) is 5.82 Å². The molecule has 0 radical (unpaired) electrons. The fourth-order valence-corrected chi connectivity index (χ4v) is 2.85. The maximum atomic E-state index is 13.1. The van der Waals surface area contributed by atoms with Gasteiger partial charge in [-0.05, 0) is 59.7 Å². The highest BCUT2D eigenvalue weighted by Gasteiger charge is 2.13. The van der Waals surface area contributed by atoms with Crippen LogP contribution in [0.1, 0.15) is 21.5 Å². The van der Waals surface area contributed by atoms with Gasteiger partial charge < -0.3 is 19.9 Å². The highest BCUT2D eigenvalue weighted by Crippen LogP contribution is 2.33. The van der Waals surface area contributed by atoms with E-state index in [0.29, 0.717) is 22.9 Å². The Labute approximate surface area is 160 Å². The molecule has 0 saturated carbocycles. The van der Waals surface area contributed by atoms with E-state index >= 15 is 0 Å². The van der Waals surface area contributed by atoms with Gasteiger partial charge in [0.2, 0.25) is 6.79 Å². The molecule has 0 aliphatic carbocycles. The Morgan fingerprint density at radius 1 is 0.929 bits per heavy atom. The standard InChI is InChI=1S/C22H16FNO4/c23-16-5-7-17(8-6-16)24-19-11-14(3-9-18(19)22(25)26)1-2-15-4-10-20-21(12-15)28-13-27-20/h1-12,24H,13H2,(H,25,26). The summed E-state index contributed by atoms with van der Waals surface area (Å²) in [5, 5.41) is 12.5. The molecule has 0 aromatic heterocycles. The van der Waals surface area contributed by atoms with Crippen molar-refractivity contribution >= 4 is 29.5 Å². The molecule has 3 aromatic carbocycles. The smallest absolute Gasteiger partial charge is 0.337 e. The first kappa shape index (κ1) is 17.6. The largest absolute Gasteiger partial charge is 0.478 e. The third-order valence-electron chi connectivity index (χ3n) is 4.26. The normalized spacial score (nSPS) is 12.3. The number of carboxylic acids is 1. The SMILES string of the molecule is O=C(O)c1ccc(C=Cc2ccc3c(c2)OCO3)cc1Nc1ccc(F)cc1. The molecule has 6 heteroatoms. The van der Waals surface area contributed by atoms with Crippen LogP contribution in [0.2, 0.25) is 0 Å². The molecule has 0 spiro atoms. The number of aromatic carboxylic acids is 1. The minimum absolute atomic E-state index is 0.129. The Morgan fingerprint density at radius 2 is 1.61 bits per heavy atom. The molecule has 0 amide bonds. The van der Waals surface area contributed by atoms with Gasteiger partial charge in [0.25, 0.3) is 0 Å². The summed E-state index contributed by atoms with van der Waals surface area (Å²) in [4.78, 5) is 11.5. The van der Waals surface area contributed by atoms with Gasteiger partial charge in [0, 0.05) is 5.69 Å². The van der Waals surface area contributed by atoms with Crippen LogP contribution in [-0.4, -0.2) is 17.9 Å². The predicted octanol–water partition coefficient (Wildman–Crippen LogP) is 5.17. The minimum Gasteiger partial charge on any atom is -0.478 e. The Bertz CT molecular complexity index is 1060. The lowest BCUT2D eigenvalue weighted by Gasteiger charge is -2.11. The monoisotopic (exact) mass is 377 g/mol. The molecule has 1 aliphatic rings. The molecule has 1 aliphatic heterocycles. The maximum Gasteiger partial charge on any atom is 0.337 e. The number of benzene rings is 3. The summed E-state index contributed by atoms with van der Waals surface area (Å²) in [5.74, 6) is 0.0103. The van der Waals surface area contributed by atoms with E-state index in [2.05, 4.69) is 5.32 Å². The van der Waals surface area contributed by atoms with Gasteiger partial charge in [-0.2, -0.15) is 0 Å². The van der Waals surface area contributed by atoms with Crippen molar-refractivity contribution in [3.05, 3.63) is 83.2 Å². The molecule has 3 aromatic rings. The Balaban J connectivity index is 1.60. The maximum absolute atomic E-state index is 13.1. The number of ether oxygens (including phenoxy) is 2. The summed E-state index contributed by atoms with van der Waals surface area (Å²) >= 11 is 0. The minimum atomic E-state index is -1.05. The number of fused-ring (bicyclic) bond motifs is 1. The molecule has 140 valence electrons. The number of hydrogen-bond donors (Lipinski definition) is 2. The molecule has 2 N–H and O–H groups in total. The van der Waals surface area contributed by atoms with Gasteiger partial charge in [-0.15, -0.1) is 0 Å². The lowest BCUT2D eigenvalue weighted by atomic mass is 10.1. The second kappa shape index (κ2) is 7.44. The van der Waals surface area contributed by atoms with Crippen molar-refractivity contribution in [2.24, 2.45) is 0 Å². The number of hydrogen-bond acceptors (Lipinski definition) is 4. The van der Waals surface area contributed by atoms with Crippen LogP contribution in [0.4, 0.5) is 15.8 Å². The van der Waals surface area contributed by atoms with E-state index in [1.165, 1.54) is 18.2 Å². The van der Waals surface area contributed by atoms with E-state index in [1.54, 1.807) is 24.3 Å². The average Bonchev–Trinajstić information content (AvgIpc) is 3.16. The average molecular weight is 377 g/mol. The van der Waals surface area contributed by atoms with E-state index < -0.39 is 5.97 Å². The first-order valence-electron chi connectivity index (χ1n) is 8.56. The zero-order valence-corrected chi connectivity index (χ0v) is 14.7. The van der Waals surface area contributed by atoms with Crippen molar-refractivity contribution in [1.82, 2.24) is 0 Å². The van der Waals surface area contributed by atoms with Crippen molar-refractivity contribution in [2.75, 3.05) is 12.1 Å². The molecular formula is C22H16FNO4. The van der Waals surface area contributed by atoms with Crippen LogP contribution in [-0.2, 0) is 0 Å². The van der Waals surface area contributed by atoms with Gasteiger partial charge in [-0.3, -0.25) is 0 Å². The number of carbonyl (C=O) groups is 1. The van der Waals surface area contributed by atoms with Gasteiger partial charge in [0.15, 0.2) is 11.5 Å². The zero-order valence-electron chi connectivity index (χ0n) is 14.7. The van der Waals surface area contributed by atoms with E-state index in [1.807, 2.05) is 30.4 Å². The van der Waals surface area contributed by atoms with Crippen molar-refractivity contribution in [3.63, 3.8) is 0 Å². The molecule has 28 heavy (non-hydrogen) atoms. The quantitative estimate of drug-likeness (QED) is 0.601. The van der Waals surface area contributed by atoms with Crippen molar-refractivity contribution in [3.8, 4) is 11.5 Å². The van der Waals surface area contributed by atoms with Crippen molar-refractivity contribution < 1.29 is 23.8 Å². The van der Waals surface area contributed by atoms with Crippen LogP contribution in [0.3, 0.4) is 0 Å². The number of rotatable bonds is 5. The van der Waals surface area contributed by atoms with Gasteiger partial charge in [-0.1, -0.05) is 24.3 Å². The molecule has 4 rings (SSSR count). The zero-order chi connectivity index (χ0) is 19.5. The number of anilines is 2. The first-order chi connectivity index (χ1) is 13.6. The van der Waals surface area contributed by atoms with E-state index in [0.717, 1.165) is 11.1 Å². The van der Waals surface area contributed by atoms with E-state index in [4.69, 9.17) is 9.47 Å². The van der Waals surface area contributed by atoms with Crippen LogP contribution < -0.4 is 14.8 Å². The molecule has 5 nitrogen and oxygen atoms in total. The predicted molar refractivity (Wildman–Crippen MR) is 105 cm³/mol. The number of carboxylic acid groups (broad SMARTS) is 1. The molecular weight excluding hydrogens is 361 g/mol. The number of nitrogens with one attached hydrogen (secondary N) is 1. The topological polar surface area (TPSA) is 67.8 Å². The first-order valence-corrected chi connectivity index (χ1v) is 8.56. The van der Waals surface area contributed by atoms with Crippen molar-refractivity contribution in [2.45, 2.75) is 0 Å². The summed E-state index contributed by atoms with van der Waals surface area (Å²) in [6, 6.07) is 16.4. The van der Waals surface area contributed by atoms with Gasteiger partial charge >= 0.3 is 5.97 Å². The highest BCUT2D eigenvalue weighted by molar-refractivity contribution is 5.96. The molecule has 0 atom stereocenters. The van der Waals surface area contributed by atoms with Crippen LogP contribution in [0, 0.1) is 5.82 Å².